The second kappa shape index (κ2) is 4.78. The van der Waals surface area contributed by atoms with E-state index in [0.29, 0.717) is 6.61 Å². The van der Waals surface area contributed by atoms with Crippen molar-refractivity contribution in [2.45, 2.75) is 18.8 Å². The number of aliphatic imine (C=N–C) groups is 1. The number of fused-ring (bicyclic) bond motifs is 5. The van der Waals surface area contributed by atoms with Crippen LogP contribution in [-0.2, 0) is 11.8 Å². The lowest BCUT2D eigenvalue weighted by atomic mass is 9.77. The topological polar surface area (TPSA) is 30.8 Å². The van der Waals surface area contributed by atoms with Crippen molar-refractivity contribution in [3.63, 3.8) is 0 Å². The fourth-order valence-corrected chi connectivity index (χ4v) is 4.83. The molecule has 3 aliphatic rings. The van der Waals surface area contributed by atoms with Gasteiger partial charge in [-0.2, -0.15) is 0 Å². The highest BCUT2D eigenvalue weighted by Gasteiger charge is 2.51. The summed E-state index contributed by atoms with van der Waals surface area (Å²) in [6.07, 6.45) is 0.980. The molecule has 1 atom stereocenters. The molecule has 0 aromatic heterocycles. The SMILES string of the molecule is CCSC1=Nc2ccccc2C12COc1cc3c(cc12)CCO3. The average Bonchev–Trinajstić information content (AvgIpc) is 3.25. The van der Waals surface area contributed by atoms with E-state index >= 15 is 0 Å². The molecule has 0 aliphatic carbocycles. The minimum atomic E-state index is -0.232. The molecule has 0 bridgehead atoms. The van der Waals surface area contributed by atoms with Gasteiger partial charge in [0, 0.05) is 18.1 Å². The van der Waals surface area contributed by atoms with Crippen molar-refractivity contribution < 1.29 is 9.47 Å². The summed E-state index contributed by atoms with van der Waals surface area (Å²) in [6, 6.07) is 12.8. The van der Waals surface area contributed by atoms with E-state index in [2.05, 4.69) is 43.3 Å². The molecule has 4 heteroatoms. The molecule has 23 heavy (non-hydrogen) atoms. The fraction of sp³-hybridized carbons (Fsp3) is 0.316. The molecule has 0 radical (unpaired) electrons. The molecule has 0 saturated heterocycles. The predicted octanol–water partition coefficient (Wildman–Crippen LogP) is 4.10. The largest absolute Gasteiger partial charge is 0.493 e. The van der Waals surface area contributed by atoms with Crippen LogP contribution in [0.5, 0.6) is 11.5 Å². The Morgan fingerprint density at radius 1 is 1.13 bits per heavy atom. The van der Waals surface area contributed by atoms with Gasteiger partial charge in [0.1, 0.15) is 23.5 Å². The summed E-state index contributed by atoms with van der Waals surface area (Å²) in [7, 11) is 0. The molecule has 2 aromatic rings. The Labute approximate surface area is 139 Å². The van der Waals surface area contributed by atoms with Gasteiger partial charge in [-0.25, -0.2) is 4.99 Å². The molecule has 0 N–H and O–H groups in total. The van der Waals surface area contributed by atoms with Crippen LogP contribution in [0.25, 0.3) is 0 Å². The van der Waals surface area contributed by atoms with Crippen LogP contribution in [0.1, 0.15) is 23.6 Å². The molecule has 1 unspecified atom stereocenters. The first-order valence-corrected chi connectivity index (χ1v) is 9.06. The van der Waals surface area contributed by atoms with Crippen LogP contribution in [0.3, 0.4) is 0 Å². The van der Waals surface area contributed by atoms with Gasteiger partial charge in [0.25, 0.3) is 0 Å². The summed E-state index contributed by atoms with van der Waals surface area (Å²) in [6.45, 7) is 3.58. The predicted molar refractivity (Wildman–Crippen MR) is 93.6 cm³/mol. The third-order valence-corrected chi connectivity index (χ3v) is 5.93. The lowest BCUT2D eigenvalue weighted by Gasteiger charge is -2.25. The molecule has 0 fully saturated rings. The quantitative estimate of drug-likeness (QED) is 0.792. The molecule has 3 nitrogen and oxygen atoms in total. The van der Waals surface area contributed by atoms with Gasteiger partial charge >= 0.3 is 0 Å². The maximum atomic E-state index is 6.12. The van der Waals surface area contributed by atoms with Gasteiger partial charge in [-0.15, -0.1) is 11.8 Å². The summed E-state index contributed by atoms with van der Waals surface area (Å²) in [5.41, 5.74) is 4.67. The van der Waals surface area contributed by atoms with Crippen LogP contribution >= 0.6 is 11.8 Å². The van der Waals surface area contributed by atoms with Crippen molar-refractivity contribution in [1.82, 2.24) is 0 Å². The zero-order valence-corrected chi connectivity index (χ0v) is 13.8. The molecule has 3 heterocycles. The monoisotopic (exact) mass is 323 g/mol. The van der Waals surface area contributed by atoms with Crippen molar-refractivity contribution in [2.24, 2.45) is 4.99 Å². The Hall–Kier alpha value is -1.94. The Morgan fingerprint density at radius 2 is 2.04 bits per heavy atom. The smallest absolute Gasteiger partial charge is 0.127 e. The number of thioether (sulfide) groups is 1. The standard InChI is InChI=1S/C19H17NO2S/c1-2-23-18-19(13-5-3-4-6-15(13)20-18)11-22-17-10-16-12(7-8-21-16)9-14(17)19/h3-6,9-10H,2,7-8,11H2,1H3. The van der Waals surface area contributed by atoms with Gasteiger partial charge in [-0.1, -0.05) is 25.1 Å². The van der Waals surface area contributed by atoms with Crippen LogP contribution in [0.2, 0.25) is 0 Å². The fourth-order valence-electron chi connectivity index (χ4n) is 3.87. The molecule has 5 rings (SSSR count). The molecule has 3 aliphatic heterocycles. The zero-order valence-electron chi connectivity index (χ0n) is 13.0. The first-order chi connectivity index (χ1) is 11.3. The first kappa shape index (κ1) is 13.5. The Bertz CT molecular complexity index is 845. The van der Waals surface area contributed by atoms with Crippen molar-refractivity contribution >= 4 is 22.5 Å². The van der Waals surface area contributed by atoms with Crippen LogP contribution in [0, 0.1) is 0 Å². The summed E-state index contributed by atoms with van der Waals surface area (Å²) in [5, 5.41) is 1.17. The average molecular weight is 323 g/mol. The van der Waals surface area contributed by atoms with Gasteiger partial charge in [-0.05, 0) is 29.0 Å². The second-order valence-corrected chi connectivity index (χ2v) is 7.37. The van der Waals surface area contributed by atoms with Crippen LogP contribution in [0.15, 0.2) is 41.4 Å². The van der Waals surface area contributed by atoms with Gasteiger partial charge in [0.15, 0.2) is 0 Å². The molecule has 1 spiro atoms. The minimum Gasteiger partial charge on any atom is -0.493 e. The molecular weight excluding hydrogens is 306 g/mol. The van der Waals surface area contributed by atoms with E-state index in [1.165, 1.54) is 21.7 Å². The third kappa shape index (κ3) is 1.70. The first-order valence-electron chi connectivity index (χ1n) is 8.07. The summed E-state index contributed by atoms with van der Waals surface area (Å²) >= 11 is 1.83. The lowest BCUT2D eigenvalue weighted by Crippen LogP contribution is -2.34. The number of benzene rings is 2. The highest BCUT2D eigenvalue weighted by atomic mass is 32.2. The van der Waals surface area contributed by atoms with E-state index in [-0.39, 0.29) is 5.41 Å². The summed E-state index contributed by atoms with van der Waals surface area (Å²) in [4.78, 5) is 4.94. The zero-order chi connectivity index (χ0) is 15.4. The highest BCUT2D eigenvalue weighted by Crippen LogP contribution is 2.54. The van der Waals surface area contributed by atoms with Crippen molar-refractivity contribution in [3.05, 3.63) is 53.1 Å². The molecule has 0 saturated carbocycles. The maximum Gasteiger partial charge on any atom is 0.127 e. The summed E-state index contributed by atoms with van der Waals surface area (Å²) < 4.78 is 11.8. The van der Waals surface area contributed by atoms with E-state index < -0.39 is 0 Å². The summed E-state index contributed by atoms with van der Waals surface area (Å²) in [5.74, 6) is 2.94. The van der Waals surface area contributed by atoms with E-state index in [4.69, 9.17) is 14.5 Å². The van der Waals surface area contributed by atoms with E-state index in [1.807, 2.05) is 11.8 Å². The second-order valence-electron chi connectivity index (χ2n) is 6.12. The molecule has 116 valence electrons. The van der Waals surface area contributed by atoms with E-state index in [0.717, 1.165) is 36.0 Å². The third-order valence-electron chi connectivity index (χ3n) is 4.93. The van der Waals surface area contributed by atoms with Gasteiger partial charge in [0.05, 0.1) is 17.3 Å². The maximum absolute atomic E-state index is 6.12. The molecule has 2 aromatic carbocycles. The van der Waals surface area contributed by atoms with Gasteiger partial charge in [0.2, 0.25) is 0 Å². The molecular formula is C19H17NO2S. The number of hydrogen-bond acceptors (Lipinski definition) is 4. The normalized spacial score (nSPS) is 23.1. The Balaban J connectivity index is 1.76. The van der Waals surface area contributed by atoms with Gasteiger partial charge in [-0.3, -0.25) is 0 Å². The van der Waals surface area contributed by atoms with E-state index in [1.54, 1.807) is 0 Å². The Kier molecular flexibility index (Phi) is 2.80. The number of nitrogens with zero attached hydrogens (tertiary/aromatic N) is 1. The van der Waals surface area contributed by atoms with Crippen LogP contribution in [0.4, 0.5) is 5.69 Å². The number of rotatable bonds is 1. The van der Waals surface area contributed by atoms with Crippen molar-refractivity contribution in [3.8, 4) is 11.5 Å². The highest BCUT2D eigenvalue weighted by molar-refractivity contribution is 8.14. The Morgan fingerprint density at radius 3 is 2.96 bits per heavy atom. The number of ether oxygens (including phenoxy) is 2. The number of para-hydroxylation sites is 1. The van der Waals surface area contributed by atoms with Crippen LogP contribution in [-0.4, -0.2) is 24.0 Å². The number of hydrogen-bond donors (Lipinski definition) is 0. The van der Waals surface area contributed by atoms with Crippen LogP contribution < -0.4 is 9.47 Å². The van der Waals surface area contributed by atoms with Gasteiger partial charge < -0.3 is 9.47 Å². The lowest BCUT2D eigenvalue weighted by molar-refractivity contribution is 0.322. The van der Waals surface area contributed by atoms with Crippen molar-refractivity contribution in [2.75, 3.05) is 19.0 Å². The molecule has 0 amide bonds. The van der Waals surface area contributed by atoms with Crippen molar-refractivity contribution in [1.29, 1.82) is 0 Å². The van der Waals surface area contributed by atoms with E-state index in [9.17, 15) is 0 Å². The minimum absolute atomic E-state index is 0.232.